The molecule has 1 aromatic rings. The number of carbonyl (C=O) groups is 1. The van der Waals surface area contributed by atoms with Crippen molar-refractivity contribution < 1.29 is 9.53 Å². The molecule has 0 aliphatic carbocycles. The molecule has 0 aromatic heterocycles. The predicted octanol–water partition coefficient (Wildman–Crippen LogP) is 2.78. The number of nitrogens with two attached hydrogens (primary N) is 1. The summed E-state index contributed by atoms with van der Waals surface area (Å²) >= 11 is 4.29. The van der Waals surface area contributed by atoms with Crippen molar-refractivity contribution in [3.05, 3.63) is 24.8 Å². The average molecular weight is 431 g/mol. The summed E-state index contributed by atoms with van der Waals surface area (Å²) in [6, 6.07) is 3.49. The Morgan fingerprint density at radius 2 is 1.93 bits per heavy atom. The van der Waals surface area contributed by atoms with Crippen LogP contribution >= 0.6 is 45.2 Å². The number of primary amides is 1. The van der Waals surface area contributed by atoms with Gasteiger partial charge in [0.05, 0.1) is 13.7 Å². The molecule has 1 rings (SSSR count). The molecule has 2 N–H and O–H groups in total. The number of hydrogen-bond donors (Lipinski definition) is 1. The number of benzene rings is 1. The van der Waals surface area contributed by atoms with Crippen LogP contribution in [0.2, 0.25) is 0 Å². The summed E-state index contributed by atoms with van der Waals surface area (Å²) in [4.78, 5) is 11.0. The van der Waals surface area contributed by atoms with E-state index in [0.29, 0.717) is 12.2 Å². The van der Waals surface area contributed by atoms with Gasteiger partial charge >= 0.3 is 0 Å². The normalized spacial score (nSPS) is 10.1. The lowest BCUT2D eigenvalue weighted by molar-refractivity contribution is 0.1000. The van der Waals surface area contributed by atoms with E-state index in [-0.39, 0.29) is 0 Å². The smallest absolute Gasteiger partial charge is 0.248 e. The Labute approximate surface area is 116 Å². The first-order chi connectivity index (χ1) is 7.06. The fourth-order valence-electron chi connectivity index (χ4n) is 1.04. The van der Waals surface area contributed by atoms with Gasteiger partial charge in [0.15, 0.2) is 0 Å². The lowest BCUT2D eigenvalue weighted by Crippen LogP contribution is -2.12. The van der Waals surface area contributed by atoms with Crippen molar-refractivity contribution in [2.75, 3.05) is 6.61 Å². The molecule has 0 radical (unpaired) electrons. The SMILES string of the molecule is CCCOc1c(I)cc(C(N)=O)cc1I. The van der Waals surface area contributed by atoms with Gasteiger partial charge in [-0.3, -0.25) is 4.79 Å². The zero-order valence-electron chi connectivity index (χ0n) is 8.22. The number of rotatable bonds is 4. The zero-order chi connectivity index (χ0) is 11.4. The highest BCUT2D eigenvalue weighted by molar-refractivity contribution is 14.1. The summed E-state index contributed by atoms with van der Waals surface area (Å²) in [5, 5.41) is 0. The highest BCUT2D eigenvalue weighted by atomic mass is 127. The summed E-state index contributed by atoms with van der Waals surface area (Å²) in [7, 11) is 0. The third-order valence-corrected chi connectivity index (χ3v) is 3.34. The van der Waals surface area contributed by atoms with Crippen LogP contribution in [0.4, 0.5) is 0 Å². The summed E-state index contributed by atoms with van der Waals surface area (Å²) < 4.78 is 7.42. The van der Waals surface area contributed by atoms with E-state index >= 15 is 0 Å². The zero-order valence-corrected chi connectivity index (χ0v) is 12.5. The monoisotopic (exact) mass is 431 g/mol. The third-order valence-electron chi connectivity index (χ3n) is 1.73. The minimum absolute atomic E-state index is 0.409. The van der Waals surface area contributed by atoms with E-state index in [2.05, 4.69) is 52.1 Å². The Morgan fingerprint density at radius 1 is 1.40 bits per heavy atom. The van der Waals surface area contributed by atoms with Crippen molar-refractivity contribution in [2.45, 2.75) is 13.3 Å². The van der Waals surface area contributed by atoms with Gasteiger partial charge in [0.1, 0.15) is 5.75 Å². The molecule has 0 aliphatic rings. The van der Waals surface area contributed by atoms with Crippen molar-refractivity contribution in [2.24, 2.45) is 5.73 Å². The maximum atomic E-state index is 11.0. The van der Waals surface area contributed by atoms with Gasteiger partial charge in [0.2, 0.25) is 5.91 Å². The Balaban J connectivity index is 3.04. The van der Waals surface area contributed by atoms with Gasteiger partial charge in [0, 0.05) is 5.56 Å². The lowest BCUT2D eigenvalue weighted by atomic mass is 10.2. The van der Waals surface area contributed by atoms with E-state index in [0.717, 1.165) is 19.3 Å². The predicted molar refractivity (Wildman–Crippen MR) is 76.2 cm³/mol. The van der Waals surface area contributed by atoms with E-state index in [4.69, 9.17) is 10.5 Å². The largest absolute Gasteiger partial charge is 0.491 e. The second kappa shape index (κ2) is 5.88. The fraction of sp³-hybridized carbons (Fsp3) is 0.300. The molecule has 0 atom stereocenters. The molecule has 0 aliphatic heterocycles. The molecule has 3 nitrogen and oxygen atoms in total. The first-order valence-electron chi connectivity index (χ1n) is 4.48. The van der Waals surface area contributed by atoms with Crippen molar-refractivity contribution >= 4 is 51.1 Å². The standard InChI is InChI=1S/C10H11I2NO2/c1-2-3-15-9-7(11)4-6(10(13)14)5-8(9)12/h4-5H,2-3H2,1H3,(H2,13,14). The molecule has 0 heterocycles. The van der Waals surface area contributed by atoms with Gasteiger partial charge < -0.3 is 10.5 Å². The first-order valence-corrected chi connectivity index (χ1v) is 6.63. The number of amides is 1. The molecule has 82 valence electrons. The molecule has 1 aromatic carbocycles. The van der Waals surface area contributed by atoms with Crippen molar-refractivity contribution in [3.63, 3.8) is 0 Å². The van der Waals surface area contributed by atoms with Crippen LogP contribution in [0, 0.1) is 7.14 Å². The van der Waals surface area contributed by atoms with E-state index in [1.807, 2.05) is 0 Å². The molecule has 0 spiro atoms. The highest BCUT2D eigenvalue weighted by Gasteiger charge is 2.11. The molecule has 15 heavy (non-hydrogen) atoms. The van der Waals surface area contributed by atoms with E-state index < -0.39 is 5.91 Å². The Bertz CT molecular complexity index is 357. The minimum atomic E-state index is -0.409. The van der Waals surface area contributed by atoms with Crippen LogP contribution in [0.25, 0.3) is 0 Å². The Kier molecular flexibility index (Phi) is 5.10. The lowest BCUT2D eigenvalue weighted by Gasteiger charge is -2.10. The molecular weight excluding hydrogens is 420 g/mol. The van der Waals surface area contributed by atoms with Gasteiger partial charge in [-0.25, -0.2) is 0 Å². The molecular formula is C10H11I2NO2. The second-order valence-electron chi connectivity index (χ2n) is 2.98. The number of hydrogen-bond acceptors (Lipinski definition) is 2. The summed E-state index contributed by atoms with van der Waals surface area (Å²) in [6.07, 6.45) is 0.962. The molecule has 0 saturated heterocycles. The van der Waals surface area contributed by atoms with Crippen LogP contribution in [-0.2, 0) is 0 Å². The molecule has 0 fully saturated rings. The van der Waals surface area contributed by atoms with Gasteiger partial charge in [-0.05, 0) is 63.7 Å². The Morgan fingerprint density at radius 3 is 2.33 bits per heavy atom. The first kappa shape index (κ1) is 13.0. The molecule has 5 heteroatoms. The maximum Gasteiger partial charge on any atom is 0.248 e. The van der Waals surface area contributed by atoms with Crippen LogP contribution in [0.15, 0.2) is 12.1 Å². The van der Waals surface area contributed by atoms with Gasteiger partial charge in [0.25, 0.3) is 0 Å². The summed E-state index contributed by atoms with van der Waals surface area (Å²) in [5.74, 6) is 0.427. The molecule has 0 unspecified atom stereocenters. The van der Waals surface area contributed by atoms with Crippen molar-refractivity contribution in [1.82, 2.24) is 0 Å². The van der Waals surface area contributed by atoms with Crippen LogP contribution in [0.5, 0.6) is 5.75 Å². The third kappa shape index (κ3) is 3.47. The van der Waals surface area contributed by atoms with Crippen LogP contribution in [0.3, 0.4) is 0 Å². The molecule has 1 amide bonds. The molecule has 0 saturated carbocycles. The second-order valence-corrected chi connectivity index (χ2v) is 5.31. The topological polar surface area (TPSA) is 52.3 Å². The minimum Gasteiger partial charge on any atom is -0.491 e. The van der Waals surface area contributed by atoms with Gasteiger partial charge in [-0.2, -0.15) is 0 Å². The maximum absolute atomic E-state index is 11.0. The van der Waals surface area contributed by atoms with Crippen molar-refractivity contribution in [3.8, 4) is 5.75 Å². The quantitative estimate of drug-likeness (QED) is 0.747. The van der Waals surface area contributed by atoms with E-state index in [1.54, 1.807) is 12.1 Å². The number of carbonyl (C=O) groups excluding carboxylic acids is 1. The fourth-order valence-corrected chi connectivity index (χ4v) is 3.12. The van der Waals surface area contributed by atoms with E-state index in [9.17, 15) is 4.79 Å². The van der Waals surface area contributed by atoms with Crippen molar-refractivity contribution in [1.29, 1.82) is 0 Å². The van der Waals surface area contributed by atoms with Crippen LogP contribution in [-0.4, -0.2) is 12.5 Å². The molecule has 0 bridgehead atoms. The Hall–Kier alpha value is -0.0500. The summed E-state index contributed by atoms with van der Waals surface area (Å²) in [5.41, 5.74) is 5.74. The van der Waals surface area contributed by atoms with Crippen LogP contribution in [0.1, 0.15) is 23.7 Å². The number of ether oxygens (including phenoxy) is 1. The summed E-state index contributed by atoms with van der Waals surface area (Å²) in [6.45, 7) is 2.74. The van der Waals surface area contributed by atoms with Gasteiger partial charge in [-0.1, -0.05) is 6.92 Å². The van der Waals surface area contributed by atoms with Crippen LogP contribution < -0.4 is 10.5 Å². The van der Waals surface area contributed by atoms with Gasteiger partial charge in [-0.15, -0.1) is 0 Å². The van der Waals surface area contributed by atoms with E-state index in [1.165, 1.54) is 0 Å². The highest BCUT2D eigenvalue weighted by Crippen LogP contribution is 2.28. The number of halogens is 2. The average Bonchev–Trinajstić information content (AvgIpc) is 2.16.